The summed E-state index contributed by atoms with van der Waals surface area (Å²) >= 11 is 0. The highest BCUT2D eigenvalue weighted by atomic mass is 16.5. The summed E-state index contributed by atoms with van der Waals surface area (Å²) in [6.45, 7) is 6.10. The number of nitrogens with one attached hydrogen (secondary N) is 1. The molecule has 7 heteroatoms. The predicted octanol–water partition coefficient (Wildman–Crippen LogP) is 3.54. The molecule has 0 radical (unpaired) electrons. The standard InChI is InChI=1S/C22H22N2O5/c1-4-28-19-13-15(10-11-18(19)29-14(2)3)12-17-20(25)23-22(27)24(21(17)26)16-8-6-5-7-9-16/h5-14H,4H2,1-3H3,(H,23,25,27)/b17-12+. The fourth-order valence-electron chi connectivity index (χ4n) is 2.87. The Kier molecular flexibility index (Phi) is 5.97. The molecule has 1 N–H and O–H groups in total. The molecule has 0 atom stereocenters. The molecule has 1 heterocycles. The van der Waals surface area contributed by atoms with Crippen LogP contribution in [0.2, 0.25) is 0 Å². The van der Waals surface area contributed by atoms with Gasteiger partial charge in [-0.2, -0.15) is 0 Å². The van der Waals surface area contributed by atoms with E-state index in [-0.39, 0.29) is 11.7 Å². The molecule has 150 valence electrons. The summed E-state index contributed by atoms with van der Waals surface area (Å²) in [7, 11) is 0. The van der Waals surface area contributed by atoms with Gasteiger partial charge >= 0.3 is 6.03 Å². The summed E-state index contributed by atoms with van der Waals surface area (Å²) in [4.78, 5) is 38.4. The number of carbonyl (C=O) groups excluding carboxylic acids is 3. The van der Waals surface area contributed by atoms with Crippen molar-refractivity contribution in [3.8, 4) is 11.5 Å². The normalized spacial score (nSPS) is 15.7. The number of anilines is 1. The van der Waals surface area contributed by atoms with Gasteiger partial charge in [-0.1, -0.05) is 24.3 Å². The third kappa shape index (κ3) is 4.45. The number of rotatable bonds is 6. The Labute approximate surface area is 168 Å². The molecule has 1 aliphatic rings. The van der Waals surface area contributed by atoms with Gasteiger partial charge in [0, 0.05) is 0 Å². The van der Waals surface area contributed by atoms with Crippen molar-refractivity contribution < 1.29 is 23.9 Å². The second-order valence-corrected chi connectivity index (χ2v) is 6.60. The van der Waals surface area contributed by atoms with Crippen LogP contribution in [0.1, 0.15) is 26.3 Å². The highest BCUT2D eigenvalue weighted by Gasteiger charge is 2.36. The van der Waals surface area contributed by atoms with Crippen molar-refractivity contribution >= 4 is 29.6 Å². The van der Waals surface area contributed by atoms with E-state index in [9.17, 15) is 14.4 Å². The highest BCUT2D eigenvalue weighted by Crippen LogP contribution is 2.31. The molecule has 1 aliphatic heterocycles. The first-order chi connectivity index (χ1) is 13.9. The van der Waals surface area contributed by atoms with Crippen LogP contribution in [-0.2, 0) is 9.59 Å². The van der Waals surface area contributed by atoms with Crippen LogP contribution in [0.3, 0.4) is 0 Å². The number of para-hydroxylation sites is 1. The first kappa shape index (κ1) is 20.1. The predicted molar refractivity (Wildman–Crippen MR) is 109 cm³/mol. The summed E-state index contributed by atoms with van der Waals surface area (Å²) < 4.78 is 11.4. The molecule has 3 rings (SSSR count). The maximum Gasteiger partial charge on any atom is 0.335 e. The van der Waals surface area contributed by atoms with Gasteiger partial charge in [-0.3, -0.25) is 14.9 Å². The molecular weight excluding hydrogens is 372 g/mol. The summed E-state index contributed by atoms with van der Waals surface area (Å²) in [6.07, 6.45) is 1.40. The van der Waals surface area contributed by atoms with E-state index in [0.717, 1.165) is 4.90 Å². The lowest BCUT2D eigenvalue weighted by Crippen LogP contribution is -2.54. The van der Waals surface area contributed by atoms with E-state index in [1.54, 1.807) is 48.5 Å². The van der Waals surface area contributed by atoms with E-state index in [2.05, 4.69) is 5.32 Å². The number of ether oxygens (including phenoxy) is 2. The number of hydrogen-bond acceptors (Lipinski definition) is 5. The van der Waals surface area contributed by atoms with Crippen molar-refractivity contribution in [3.05, 3.63) is 59.7 Å². The number of amides is 4. The monoisotopic (exact) mass is 394 g/mol. The van der Waals surface area contributed by atoms with Crippen LogP contribution in [0.4, 0.5) is 10.5 Å². The average Bonchev–Trinajstić information content (AvgIpc) is 2.67. The van der Waals surface area contributed by atoms with Crippen LogP contribution < -0.4 is 19.7 Å². The lowest BCUT2D eigenvalue weighted by Gasteiger charge is -2.26. The topological polar surface area (TPSA) is 84.9 Å². The number of hydrogen-bond donors (Lipinski definition) is 1. The number of benzene rings is 2. The van der Waals surface area contributed by atoms with Crippen molar-refractivity contribution in [3.63, 3.8) is 0 Å². The fraction of sp³-hybridized carbons (Fsp3) is 0.227. The minimum Gasteiger partial charge on any atom is -0.490 e. The van der Waals surface area contributed by atoms with Gasteiger partial charge in [0.05, 0.1) is 18.4 Å². The Hall–Kier alpha value is -3.61. The van der Waals surface area contributed by atoms with Crippen molar-refractivity contribution in [2.45, 2.75) is 26.9 Å². The van der Waals surface area contributed by atoms with Gasteiger partial charge in [0.1, 0.15) is 5.57 Å². The van der Waals surface area contributed by atoms with E-state index in [1.807, 2.05) is 20.8 Å². The van der Waals surface area contributed by atoms with Gasteiger partial charge in [0.15, 0.2) is 11.5 Å². The summed E-state index contributed by atoms with van der Waals surface area (Å²) in [5.41, 5.74) is 0.808. The van der Waals surface area contributed by atoms with Crippen LogP contribution in [0.15, 0.2) is 54.1 Å². The molecule has 1 saturated heterocycles. The van der Waals surface area contributed by atoms with Crippen LogP contribution >= 0.6 is 0 Å². The SMILES string of the molecule is CCOc1cc(/C=C2\C(=O)NC(=O)N(c3ccccc3)C2=O)ccc1OC(C)C. The van der Waals surface area contributed by atoms with Crippen molar-refractivity contribution in [2.24, 2.45) is 0 Å². The van der Waals surface area contributed by atoms with E-state index in [0.29, 0.717) is 29.4 Å². The van der Waals surface area contributed by atoms with E-state index in [4.69, 9.17) is 9.47 Å². The minimum absolute atomic E-state index is 0.0328. The van der Waals surface area contributed by atoms with Gasteiger partial charge in [-0.05, 0) is 56.7 Å². The Balaban J connectivity index is 1.97. The Morgan fingerprint density at radius 3 is 2.41 bits per heavy atom. The van der Waals surface area contributed by atoms with Gasteiger partial charge in [-0.15, -0.1) is 0 Å². The molecular formula is C22H22N2O5. The Morgan fingerprint density at radius 1 is 1.03 bits per heavy atom. The number of barbiturate groups is 1. The van der Waals surface area contributed by atoms with Crippen LogP contribution in [-0.4, -0.2) is 30.6 Å². The van der Waals surface area contributed by atoms with Crippen LogP contribution in [0.25, 0.3) is 6.08 Å². The van der Waals surface area contributed by atoms with Gasteiger partial charge in [0.2, 0.25) is 0 Å². The molecule has 29 heavy (non-hydrogen) atoms. The van der Waals surface area contributed by atoms with E-state index in [1.165, 1.54) is 6.08 Å². The molecule has 2 aromatic carbocycles. The molecule has 0 spiro atoms. The Morgan fingerprint density at radius 2 is 1.76 bits per heavy atom. The third-order valence-corrected chi connectivity index (χ3v) is 4.06. The van der Waals surface area contributed by atoms with Crippen molar-refractivity contribution in [1.82, 2.24) is 5.32 Å². The van der Waals surface area contributed by atoms with E-state index < -0.39 is 17.8 Å². The highest BCUT2D eigenvalue weighted by molar-refractivity contribution is 6.39. The summed E-state index contributed by atoms with van der Waals surface area (Å²) in [5.74, 6) is -0.349. The molecule has 4 amide bonds. The number of carbonyl (C=O) groups is 3. The first-order valence-corrected chi connectivity index (χ1v) is 9.30. The first-order valence-electron chi connectivity index (χ1n) is 9.30. The molecule has 0 aliphatic carbocycles. The number of nitrogens with zero attached hydrogens (tertiary/aromatic N) is 1. The maximum atomic E-state index is 12.9. The molecule has 0 bridgehead atoms. The lowest BCUT2D eigenvalue weighted by atomic mass is 10.1. The third-order valence-electron chi connectivity index (χ3n) is 4.06. The molecule has 0 aromatic heterocycles. The van der Waals surface area contributed by atoms with E-state index >= 15 is 0 Å². The zero-order valence-electron chi connectivity index (χ0n) is 16.5. The molecule has 2 aromatic rings. The van der Waals surface area contributed by atoms with Crippen molar-refractivity contribution in [1.29, 1.82) is 0 Å². The smallest absolute Gasteiger partial charge is 0.335 e. The fourth-order valence-corrected chi connectivity index (χ4v) is 2.87. The average molecular weight is 394 g/mol. The lowest BCUT2D eigenvalue weighted by molar-refractivity contribution is -0.122. The van der Waals surface area contributed by atoms with Crippen molar-refractivity contribution in [2.75, 3.05) is 11.5 Å². The molecule has 7 nitrogen and oxygen atoms in total. The summed E-state index contributed by atoms with van der Waals surface area (Å²) in [5, 5.41) is 2.21. The molecule has 0 saturated carbocycles. The number of imide groups is 2. The largest absolute Gasteiger partial charge is 0.490 e. The maximum absolute atomic E-state index is 12.9. The zero-order chi connectivity index (χ0) is 21.0. The zero-order valence-corrected chi connectivity index (χ0v) is 16.5. The number of urea groups is 1. The second-order valence-electron chi connectivity index (χ2n) is 6.60. The Bertz CT molecular complexity index is 966. The second kappa shape index (κ2) is 8.60. The van der Waals surface area contributed by atoms with Crippen LogP contribution in [0.5, 0.6) is 11.5 Å². The molecule has 1 fully saturated rings. The summed E-state index contributed by atoms with van der Waals surface area (Å²) in [6, 6.07) is 12.8. The van der Waals surface area contributed by atoms with Crippen LogP contribution in [0, 0.1) is 0 Å². The van der Waals surface area contributed by atoms with Gasteiger partial charge < -0.3 is 9.47 Å². The van der Waals surface area contributed by atoms with Gasteiger partial charge in [-0.25, -0.2) is 9.69 Å². The minimum atomic E-state index is -0.779. The molecule has 0 unspecified atom stereocenters. The quantitative estimate of drug-likeness (QED) is 0.598. The van der Waals surface area contributed by atoms with Gasteiger partial charge in [0.25, 0.3) is 11.8 Å².